The Morgan fingerprint density at radius 1 is 1.20 bits per heavy atom. The van der Waals surface area contributed by atoms with Gasteiger partial charge < -0.3 is 23.8 Å². The molecule has 0 amide bonds. The van der Waals surface area contributed by atoms with Crippen LogP contribution in [-0.4, -0.2) is 58.8 Å². The maximum Gasteiger partial charge on any atom is 0.343 e. The summed E-state index contributed by atoms with van der Waals surface area (Å²) in [6, 6.07) is 12.0. The average molecular weight is 524 g/mol. The molecule has 0 atom stereocenters. The van der Waals surface area contributed by atoms with Crippen LogP contribution >= 0.6 is 22.6 Å². The van der Waals surface area contributed by atoms with Gasteiger partial charge in [0.1, 0.15) is 0 Å². The Kier molecular flexibility index (Phi) is 8.32. The third-order valence-electron chi connectivity index (χ3n) is 4.48. The van der Waals surface area contributed by atoms with Crippen LogP contribution in [0.25, 0.3) is 0 Å². The maximum absolute atomic E-state index is 11.4. The molecule has 0 bridgehead atoms. The van der Waals surface area contributed by atoms with Gasteiger partial charge in [-0.05, 0) is 71.5 Å². The van der Waals surface area contributed by atoms with Gasteiger partial charge in [0.2, 0.25) is 0 Å². The number of benzene rings is 2. The van der Waals surface area contributed by atoms with E-state index in [0.29, 0.717) is 18.1 Å². The summed E-state index contributed by atoms with van der Waals surface area (Å²) >= 11 is 2.16. The monoisotopic (exact) mass is 524 g/mol. The normalized spacial score (nSPS) is 14.0. The van der Waals surface area contributed by atoms with Crippen molar-refractivity contribution in [3.05, 3.63) is 45.5 Å². The van der Waals surface area contributed by atoms with E-state index in [1.807, 2.05) is 31.2 Å². The van der Waals surface area contributed by atoms with E-state index in [1.165, 1.54) is 12.8 Å². The number of ether oxygens (including phenoxy) is 4. The molecule has 0 spiro atoms. The number of carbonyl (C=O) groups is 1. The largest absolute Gasteiger partial charge is 0.490 e. The van der Waals surface area contributed by atoms with Gasteiger partial charge in [-0.3, -0.25) is 4.99 Å². The molecule has 30 heavy (non-hydrogen) atoms. The van der Waals surface area contributed by atoms with E-state index < -0.39 is 5.97 Å². The summed E-state index contributed by atoms with van der Waals surface area (Å²) in [7, 11) is 1.33. The fourth-order valence-electron chi connectivity index (χ4n) is 2.98. The zero-order chi connectivity index (χ0) is 21.3. The molecule has 0 saturated carbocycles. The minimum Gasteiger partial charge on any atom is -0.490 e. The van der Waals surface area contributed by atoms with Gasteiger partial charge in [0.05, 0.1) is 36.2 Å². The van der Waals surface area contributed by atoms with Crippen molar-refractivity contribution < 1.29 is 23.7 Å². The molecule has 0 radical (unpaired) electrons. The molecular formula is C22H25IN2O5. The second kappa shape index (κ2) is 11.2. The Hall–Kier alpha value is -2.33. The summed E-state index contributed by atoms with van der Waals surface area (Å²) in [5, 5.41) is 0. The molecule has 7 nitrogen and oxygen atoms in total. The highest BCUT2D eigenvalue weighted by molar-refractivity contribution is 14.1. The minimum absolute atomic E-state index is 0.171. The van der Waals surface area contributed by atoms with Gasteiger partial charge in [0.15, 0.2) is 18.1 Å². The smallest absolute Gasteiger partial charge is 0.343 e. The maximum atomic E-state index is 11.4. The third-order valence-corrected chi connectivity index (χ3v) is 5.28. The van der Waals surface area contributed by atoms with Gasteiger partial charge in [0.25, 0.3) is 0 Å². The summed E-state index contributed by atoms with van der Waals surface area (Å²) < 4.78 is 22.2. The van der Waals surface area contributed by atoms with Gasteiger partial charge in [-0.15, -0.1) is 0 Å². The number of esters is 1. The first-order chi connectivity index (χ1) is 14.6. The van der Waals surface area contributed by atoms with Crippen molar-refractivity contribution in [3.8, 4) is 11.5 Å². The molecule has 1 saturated heterocycles. The van der Waals surface area contributed by atoms with Crippen LogP contribution in [0.4, 0.5) is 11.4 Å². The summed E-state index contributed by atoms with van der Waals surface area (Å²) in [4.78, 5) is 18.3. The van der Waals surface area contributed by atoms with E-state index in [1.54, 1.807) is 6.21 Å². The summed E-state index contributed by atoms with van der Waals surface area (Å²) in [6.07, 6.45) is 1.79. The standard InChI is InChI=1S/C22H25IN2O5/c1-3-29-20-13-16(12-19(23)22(20)30-15-21(26)27-2)14-24-17-4-6-18(7-5-17)25-8-10-28-11-9-25/h4-7,12-14H,3,8-11,15H2,1-2H3. The Bertz CT molecular complexity index is 880. The van der Waals surface area contributed by atoms with Crippen molar-refractivity contribution in [2.45, 2.75) is 6.92 Å². The lowest BCUT2D eigenvalue weighted by molar-refractivity contribution is -0.142. The highest BCUT2D eigenvalue weighted by atomic mass is 127. The number of hydrogen-bond acceptors (Lipinski definition) is 7. The Labute approximate surface area is 190 Å². The van der Waals surface area contributed by atoms with E-state index >= 15 is 0 Å². The van der Waals surface area contributed by atoms with E-state index in [2.05, 4.69) is 49.4 Å². The predicted octanol–water partition coefficient (Wildman–Crippen LogP) is 3.83. The minimum atomic E-state index is -0.445. The first kappa shape index (κ1) is 22.4. The molecule has 3 rings (SSSR count). The predicted molar refractivity (Wildman–Crippen MR) is 125 cm³/mol. The van der Waals surface area contributed by atoms with Gasteiger partial charge >= 0.3 is 5.97 Å². The van der Waals surface area contributed by atoms with Gasteiger partial charge in [-0.25, -0.2) is 4.79 Å². The second-order valence-electron chi connectivity index (χ2n) is 6.50. The van der Waals surface area contributed by atoms with Crippen molar-refractivity contribution in [3.63, 3.8) is 0 Å². The second-order valence-corrected chi connectivity index (χ2v) is 7.66. The Balaban J connectivity index is 1.73. The topological polar surface area (TPSA) is 69.6 Å². The molecule has 160 valence electrons. The summed E-state index contributed by atoms with van der Waals surface area (Å²) in [5.41, 5.74) is 2.93. The summed E-state index contributed by atoms with van der Waals surface area (Å²) in [5.74, 6) is 0.645. The quantitative estimate of drug-likeness (QED) is 0.297. The molecule has 0 aromatic heterocycles. The number of carbonyl (C=O) groups excluding carboxylic acids is 1. The first-order valence-electron chi connectivity index (χ1n) is 9.73. The van der Waals surface area contributed by atoms with Crippen LogP contribution in [0.2, 0.25) is 0 Å². The molecule has 1 aliphatic rings. The van der Waals surface area contributed by atoms with Crippen molar-refractivity contribution in [1.82, 2.24) is 0 Å². The van der Waals surface area contributed by atoms with E-state index in [9.17, 15) is 4.79 Å². The van der Waals surface area contributed by atoms with Crippen molar-refractivity contribution >= 4 is 46.1 Å². The number of halogens is 1. The van der Waals surface area contributed by atoms with Crippen LogP contribution in [0.1, 0.15) is 12.5 Å². The molecule has 2 aromatic carbocycles. The lowest BCUT2D eigenvalue weighted by Gasteiger charge is -2.28. The lowest BCUT2D eigenvalue weighted by atomic mass is 10.2. The molecule has 1 aliphatic heterocycles. The SMILES string of the molecule is CCOc1cc(C=Nc2ccc(N3CCOCC3)cc2)cc(I)c1OCC(=O)OC. The number of rotatable bonds is 8. The number of methoxy groups -OCH3 is 1. The number of hydrogen-bond donors (Lipinski definition) is 0. The number of anilines is 1. The zero-order valence-corrected chi connectivity index (χ0v) is 19.3. The number of morpholine rings is 1. The van der Waals surface area contributed by atoms with Crippen LogP contribution in [0, 0.1) is 3.57 Å². The molecule has 1 heterocycles. The fraction of sp³-hybridized carbons (Fsp3) is 0.364. The highest BCUT2D eigenvalue weighted by Gasteiger charge is 2.14. The molecular weight excluding hydrogens is 499 g/mol. The van der Waals surface area contributed by atoms with Crippen molar-refractivity contribution in [2.75, 3.05) is 51.5 Å². The highest BCUT2D eigenvalue weighted by Crippen LogP contribution is 2.34. The van der Waals surface area contributed by atoms with Crippen LogP contribution < -0.4 is 14.4 Å². The average Bonchev–Trinajstić information content (AvgIpc) is 2.78. The first-order valence-corrected chi connectivity index (χ1v) is 10.8. The number of aliphatic imine (C=N–C) groups is 1. The van der Waals surface area contributed by atoms with Crippen molar-refractivity contribution in [2.24, 2.45) is 4.99 Å². The van der Waals surface area contributed by atoms with Crippen LogP contribution in [0.3, 0.4) is 0 Å². The van der Waals surface area contributed by atoms with Gasteiger partial charge in [-0.1, -0.05) is 0 Å². The van der Waals surface area contributed by atoms with E-state index in [-0.39, 0.29) is 6.61 Å². The Morgan fingerprint density at radius 3 is 2.60 bits per heavy atom. The molecule has 0 N–H and O–H groups in total. The molecule has 2 aromatic rings. The molecule has 0 unspecified atom stereocenters. The van der Waals surface area contributed by atoms with Gasteiger partial charge in [0, 0.05) is 25.0 Å². The lowest BCUT2D eigenvalue weighted by Crippen LogP contribution is -2.36. The van der Waals surface area contributed by atoms with Gasteiger partial charge in [-0.2, -0.15) is 0 Å². The number of nitrogens with zero attached hydrogens (tertiary/aromatic N) is 2. The van der Waals surface area contributed by atoms with Crippen LogP contribution in [-0.2, 0) is 14.3 Å². The molecule has 1 fully saturated rings. The molecule has 8 heteroatoms. The zero-order valence-electron chi connectivity index (χ0n) is 17.1. The Morgan fingerprint density at radius 2 is 1.93 bits per heavy atom. The summed E-state index contributed by atoms with van der Waals surface area (Å²) in [6.45, 7) is 5.55. The van der Waals surface area contributed by atoms with E-state index in [0.717, 1.165) is 41.1 Å². The van der Waals surface area contributed by atoms with Crippen LogP contribution in [0.15, 0.2) is 41.4 Å². The third kappa shape index (κ3) is 6.09. The fourth-order valence-corrected chi connectivity index (χ4v) is 3.76. The van der Waals surface area contributed by atoms with E-state index in [4.69, 9.17) is 14.2 Å². The van der Waals surface area contributed by atoms with Crippen LogP contribution in [0.5, 0.6) is 11.5 Å². The molecule has 0 aliphatic carbocycles. The van der Waals surface area contributed by atoms with Crippen molar-refractivity contribution in [1.29, 1.82) is 0 Å².